The predicted molar refractivity (Wildman–Crippen MR) is 91.5 cm³/mol. The molecule has 4 amide bonds. The number of hydrogen-bond donors (Lipinski definition) is 3. The second-order valence-electron chi connectivity index (χ2n) is 5.03. The van der Waals surface area contributed by atoms with Crippen molar-refractivity contribution in [2.45, 2.75) is 0 Å². The molecule has 0 bridgehead atoms. The van der Waals surface area contributed by atoms with Crippen molar-refractivity contribution in [3.05, 3.63) is 60.7 Å². The second kappa shape index (κ2) is 8.33. The quantitative estimate of drug-likeness (QED) is 0.744. The van der Waals surface area contributed by atoms with E-state index in [1.54, 1.807) is 48.5 Å². The fourth-order valence-corrected chi connectivity index (χ4v) is 2.09. The average molecular weight is 326 g/mol. The third-order valence-corrected chi connectivity index (χ3v) is 3.09. The molecular weight excluding hydrogens is 308 g/mol. The molecular formula is C17H18N4O3. The maximum absolute atomic E-state index is 12.0. The number of rotatable bonds is 6. The van der Waals surface area contributed by atoms with Gasteiger partial charge >= 0.3 is 6.03 Å². The minimum atomic E-state index is -0.640. The van der Waals surface area contributed by atoms with E-state index in [4.69, 9.17) is 5.73 Å². The Kier molecular flexibility index (Phi) is 5.90. The van der Waals surface area contributed by atoms with Crippen molar-refractivity contribution in [2.75, 3.05) is 23.3 Å². The van der Waals surface area contributed by atoms with Crippen LogP contribution in [-0.2, 0) is 9.59 Å². The van der Waals surface area contributed by atoms with Gasteiger partial charge in [0.25, 0.3) is 0 Å². The van der Waals surface area contributed by atoms with Gasteiger partial charge in [0.05, 0.1) is 13.1 Å². The Morgan fingerprint density at radius 3 is 2.04 bits per heavy atom. The summed E-state index contributed by atoms with van der Waals surface area (Å²) in [5.74, 6) is -1.12. The van der Waals surface area contributed by atoms with Gasteiger partial charge in [-0.25, -0.2) is 4.79 Å². The number of benzene rings is 2. The molecule has 0 unspecified atom stereocenters. The van der Waals surface area contributed by atoms with E-state index in [1.165, 1.54) is 4.90 Å². The summed E-state index contributed by atoms with van der Waals surface area (Å²) in [6.45, 7) is -0.299. The maximum Gasteiger partial charge on any atom is 0.325 e. The molecule has 2 aromatic carbocycles. The van der Waals surface area contributed by atoms with Gasteiger partial charge < -0.3 is 16.0 Å². The fourth-order valence-electron chi connectivity index (χ4n) is 2.09. The first-order valence-electron chi connectivity index (χ1n) is 7.29. The van der Waals surface area contributed by atoms with Crippen LogP contribution in [0.4, 0.5) is 16.2 Å². The number of amides is 4. The Balaban J connectivity index is 1.95. The van der Waals surface area contributed by atoms with Crippen molar-refractivity contribution in [3.63, 3.8) is 0 Å². The van der Waals surface area contributed by atoms with Crippen LogP contribution in [0, 0.1) is 0 Å². The lowest BCUT2D eigenvalue weighted by molar-refractivity contribution is -0.118. The normalized spacial score (nSPS) is 9.83. The van der Waals surface area contributed by atoms with Gasteiger partial charge in [-0.15, -0.1) is 0 Å². The SMILES string of the molecule is NC(=O)CN(CC(=O)NC(=O)Nc1ccccc1)c1ccccc1. The Morgan fingerprint density at radius 1 is 0.875 bits per heavy atom. The van der Waals surface area contributed by atoms with Crippen molar-refractivity contribution in [1.82, 2.24) is 5.32 Å². The number of carbonyl (C=O) groups excluding carboxylic acids is 3. The fraction of sp³-hybridized carbons (Fsp3) is 0.118. The van der Waals surface area contributed by atoms with Gasteiger partial charge in [0, 0.05) is 11.4 Å². The lowest BCUT2D eigenvalue weighted by Crippen LogP contribution is -2.44. The van der Waals surface area contributed by atoms with E-state index in [1.807, 2.05) is 12.1 Å². The number of imide groups is 1. The lowest BCUT2D eigenvalue weighted by atomic mass is 10.2. The maximum atomic E-state index is 12.0. The molecule has 0 heterocycles. The topological polar surface area (TPSA) is 105 Å². The largest absolute Gasteiger partial charge is 0.368 e. The van der Waals surface area contributed by atoms with Crippen LogP contribution in [-0.4, -0.2) is 30.9 Å². The molecule has 24 heavy (non-hydrogen) atoms. The standard InChI is InChI=1S/C17H18N4O3/c18-15(22)11-21(14-9-5-2-6-10-14)12-16(23)20-17(24)19-13-7-3-1-4-8-13/h1-10H,11-12H2,(H2,18,22)(H2,19,20,23,24). The summed E-state index contributed by atoms with van der Waals surface area (Å²) in [6.07, 6.45) is 0. The number of carbonyl (C=O) groups is 3. The highest BCUT2D eigenvalue weighted by Gasteiger charge is 2.15. The van der Waals surface area contributed by atoms with Crippen molar-refractivity contribution in [3.8, 4) is 0 Å². The molecule has 0 atom stereocenters. The minimum absolute atomic E-state index is 0.127. The first kappa shape index (κ1) is 17.0. The summed E-state index contributed by atoms with van der Waals surface area (Å²) in [6, 6.07) is 17.0. The van der Waals surface area contributed by atoms with Gasteiger partial charge in [0.1, 0.15) is 0 Å². The van der Waals surface area contributed by atoms with E-state index >= 15 is 0 Å². The molecule has 0 fully saturated rings. The van der Waals surface area contributed by atoms with Crippen molar-refractivity contribution in [1.29, 1.82) is 0 Å². The molecule has 7 heteroatoms. The summed E-state index contributed by atoms with van der Waals surface area (Å²) >= 11 is 0. The molecule has 7 nitrogen and oxygen atoms in total. The molecule has 0 aliphatic carbocycles. The van der Waals surface area contributed by atoms with Gasteiger partial charge in [-0.05, 0) is 24.3 Å². The van der Waals surface area contributed by atoms with E-state index in [9.17, 15) is 14.4 Å². The Hall–Kier alpha value is -3.35. The molecule has 0 saturated carbocycles. The third kappa shape index (κ3) is 5.45. The predicted octanol–water partition coefficient (Wildman–Crippen LogP) is 1.33. The number of hydrogen-bond acceptors (Lipinski definition) is 4. The molecule has 0 aromatic heterocycles. The van der Waals surface area contributed by atoms with Gasteiger partial charge in [-0.1, -0.05) is 36.4 Å². The number of para-hydroxylation sites is 2. The van der Waals surface area contributed by atoms with Crippen molar-refractivity contribution >= 4 is 29.2 Å². The Morgan fingerprint density at radius 2 is 1.46 bits per heavy atom. The second-order valence-corrected chi connectivity index (χ2v) is 5.03. The smallest absolute Gasteiger partial charge is 0.325 e. The van der Waals surface area contributed by atoms with E-state index in [2.05, 4.69) is 10.6 Å². The molecule has 0 radical (unpaired) electrons. The molecule has 0 spiro atoms. The number of anilines is 2. The molecule has 2 aromatic rings. The van der Waals surface area contributed by atoms with Crippen LogP contribution in [0.2, 0.25) is 0 Å². The summed E-state index contributed by atoms with van der Waals surface area (Å²) in [5.41, 5.74) is 6.45. The van der Waals surface area contributed by atoms with Crippen LogP contribution in [0.25, 0.3) is 0 Å². The summed E-state index contributed by atoms with van der Waals surface area (Å²) < 4.78 is 0. The van der Waals surface area contributed by atoms with Crippen LogP contribution < -0.4 is 21.3 Å². The Bertz CT molecular complexity index is 704. The summed E-state index contributed by atoms with van der Waals surface area (Å²) in [7, 11) is 0. The number of nitrogens with zero attached hydrogens (tertiary/aromatic N) is 1. The monoisotopic (exact) mass is 326 g/mol. The van der Waals surface area contributed by atoms with E-state index < -0.39 is 17.8 Å². The third-order valence-electron chi connectivity index (χ3n) is 3.09. The van der Waals surface area contributed by atoms with Crippen LogP contribution in [0.15, 0.2) is 60.7 Å². The molecule has 4 N–H and O–H groups in total. The highest BCUT2D eigenvalue weighted by atomic mass is 16.2. The summed E-state index contributed by atoms with van der Waals surface area (Å²) in [5, 5.41) is 4.76. The number of urea groups is 1. The number of nitrogens with one attached hydrogen (secondary N) is 2. The molecule has 0 aliphatic rings. The molecule has 0 aliphatic heterocycles. The number of primary amides is 1. The highest BCUT2D eigenvalue weighted by Crippen LogP contribution is 2.12. The summed E-state index contributed by atoms with van der Waals surface area (Å²) in [4.78, 5) is 36.5. The number of nitrogens with two attached hydrogens (primary N) is 1. The average Bonchev–Trinajstić information content (AvgIpc) is 2.55. The molecule has 2 rings (SSSR count). The molecule has 124 valence electrons. The Labute approximate surface area is 139 Å². The first-order chi connectivity index (χ1) is 11.5. The van der Waals surface area contributed by atoms with Crippen molar-refractivity contribution in [2.24, 2.45) is 5.73 Å². The first-order valence-corrected chi connectivity index (χ1v) is 7.29. The van der Waals surface area contributed by atoms with Crippen molar-refractivity contribution < 1.29 is 14.4 Å². The van der Waals surface area contributed by atoms with Gasteiger partial charge in [-0.2, -0.15) is 0 Å². The van der Waals surface area contributed by atoms with Crippen LogP contribution in [0.3, 0.4) is 0 Å². The molecule has 0 saturated heterocycles. The van der Waals surface area contributed by atoms with E-state index in [-0.39, 0.29) is 13.1 Å². The van der Waals surface area contributed by atoms with Crippen LogP contribution in [0.5, 0.6) is 0 Å². The van der Waals surface area contributed by atoms with E-state index in [0.717, 1.165) is 0 Å². The minimum Gasteiger partial charge on any atom is -0.368 e. The van der Waals surface area contributed by atoms with E-state index in [0.29, 0.717) is 11.4 Å². The van der Waals surface area contributed by atoms with Crippen LogP contribution in [0.1, 0.15) is 0 Å². The lowest BCUT2D eigenvalue weighted by Gasteiger charge is -2.22. The van der Waals surface area contributed by atoms with Gasteiger partial charge in [-0.3, -0.25) is 14.9 Å². The zero-order valence-electron chi connectivity index (χ0n) is 12.9. The van der Waals surface area contributed by atoms with Gasteiger partial charge in [0.15, 0.2) is 0 Å². The highest BCUT2D eigenvalue weighted by molar-refractivity contribution is 6.02. The van der Waals surface area contributed by atoms with Gasteiger partial charge in [0.2, 0.25) is 11.8 Å². The zero-order chi connectivity index (χ0) is 17.4. The zero-order valence-corrected chi connectivity index (χ0v) is 12.9. The van der Waals surface area contributed by atoms with Crippen LogP contribution >= 0.6 is 0 Å².